The maximum absolute atomic E-state index is 12.3. The van der Waals surface area contributed by atoms with E-state index < -0.39 is 12.0 Å². The lowest BCUT2D eigenvalue weighted by Gasteiger charge is -2.28. The molecule has 112 valence electrons. The molecule has 0 aromatic heterocycles. The fraction of sp³-hybridized carbons (Fsp3) is 0.333. The number of amides is 2. The Kier molecular flexibility index (Phi) is 5.01. The third kappa shape index (κ3) is 3.44. The number of benzene rings is 1. The van der Waals surface area contributed by atoms with Crippen LogP contribution in [0.1, 0.15) is 31.9 Å². The van der Waals surface area contributed by atoms with Gasteiger partial charge in [-0.05, 0) is 25.0 Å². The summed E-state index contributed by atoms with van der Waals surface area (Å²) in [7, 11) is 0. The van der Waals surface area contributed by atoms with E-state index in [9.17, 15) is 9.59 Å². The van der Waals surface area contributed by atoms with Crippen LogP contribution in [0.15, 0.2) is 40.0 Å². The van der Waals surface area contributed by atoms with E-state index in [1.54, 1.807) is 6.92 Å². The summed E-state index contributed by atoms with van der Waals surface area (Å²) in [5, 5.41) is 5.39. The van der Waals surface area contributed by atoms with Gasteiger partial charge >= 0.3 is 12.0 Å². The molecule has 0 saturated carbocycles. The second kappa shape index (κ2) is 6.76. The van der Waals surface area contributed by atoms with Crippen LogP contribution < -0.4 is 10.6 Å². The van der Waals surface area contributed by atoms with E-state index >= 15 is 0 Å². The average molecular weight is 353 g/mol. The molecule has 2 rings (SSSR count). The topological polar surface area (TPSA) is 67.4 Å². The largest absolute Gasteiger partial charge is 0.462 e. The van der Waals surface area contributed by atoms with Crippen LogP contribution in [0.25, 0.3) is 0 Å². The van der Waals surface area contributed by atoms with Gasteiger partial charge in [-0.1, -0.05) is 41.1 Å². The molecule has 0 unspecified atom stereocenters. The van der Waals surface area contributed by atoms with Gasteiger partial charge in [0.1, 0.15) is 0 Å². The first-order chi connectivity index (χ1) is 10.0. The summed E-state index contributed by atoms with van der Waals surface area (Å²) in [6.07, 6.45) is 0.748. The highest BCUT2D eigenvalue weighted by Crippen LogP contribution is 2.32. The summed E-state index contributed by atoms with van der Waals surface area (Å²) < 4.78 is 6.05. The number of esters is 1. The van der Waals surface area contributed by atoms with Crippen LogP contribution in [0.5, 0.6) is 0 Å². The normalized spacial score (nSPS) is 18.0. The summed E-state index contributed by atoms with van der Waals surface area (Å²) >= 11 is 3.45. The molecule has 1 atom stereocenters. The Morgan fingerprint density at radius 3 is 2.76 bits per heavy atom. The zero-order valence-corrected chi connectivity index (χ0v) is 13.5. The fourth-order valence-electron chi connectivity index (χ4n) is 2.18. The SMILES string of the molecule is CCCOC(=O)C1=C(C)NC(=O)N[C@@H]1c1ccccc1Br. The number of hydrogen-bond acceptors (Lipinski definition) is 3. The maximum atomic E-state index is 12.3. The van der Waals surface area contributed by atoms with Gasteiger partial charge in [0.05, 0.1) is 18.2 Å². The van der Waals surface area contributed by atoms with E-state index in [1.807, 2.05) is 31.2 Å². The van der Waals surface area contributed by atoms with Gasteiger partial charge in [0, 0.05) is 10.2 Å². The van der Waals surface area contributed by atoms with Crippen molar-refractivity contribution in [1.82, 2.24) is 10.6 Å². The van der Waals surface area contributed by atoms with Crippen molar-refractivity contribution in [2.45, 2.75) is 26.3 Å². The Balaban J connectivity index is 2.41. The van der Waals surface area contributed by atoms with Crippen molar-refractivity contribution < 1.29 is 14.3 Å². The van der Waals surface area contributed by atoms with Gasteiger partial charge in [0.25, 0.3) is 0 Å². The Hall–Kier alpha value is -1.82. The number of rotatable bonds is 4. The zero-order chi connectivity index (χ0) is 15.4. The Morgan fingerprint density at radius 1 is 1.38 bits per heavy atom. The number of carbonyl (C=O) groups excluding carboxylic acids is 2. The van der Waals surface area contributed by atoms with Crippen molar-refractivity contribution in [3.8, 4) is 0 Å². The van der Waals surface area contributed by atoms with Crippen molar-refractivity contribution in [2.24, 2.45) is 0 Å². The molecule has 1 aromatic carbocycles. The van der Waals surface area contributed by atoms with Crippen molar-refractivity contribution >= 4 is 27.9 Å². The second-order valence-electron chi connectivity index (χ2n) is 4.73. The standard InChI is InChI=1S/C15H17BrN2O3/c1-3-8-21-14(19)12-9(2)17-15(20)18-13(12)10-6-4-5-7-11(10)16/h4-7,13H,3,8H2,1-2H3,(H2,17,18,20)/t13-/m1/s1. The van der Waals surface area contributed by atoms with Crippen molar-refractivity contribution in [3.63, 3.8) is 0 Å². The number of ether oxygens (including phenoxy) is 1. The second-order valence-corrected chi connectivity index (χ2v) is 5.58. The van der Waals surface area contributed by atoms with Gasteiger partial charge in [0.2, 0.25) is 0 Å². The Bertz CT molecular complexity index is 598. The summed E-state index contributed by atoms with van der Waals surface area (Å²) in [5.41, 5.74) is 1.76. The highest BCUT2D eigenvalue weighted by atomic mass is 79.9. The van der Waals surface area contributed by atoms with Crippen LogP contribution in [0.2, 0.25) is 0 Å². The van der Waals surface area contributed by atoms with Crippen LogP contribution in [-0.2, 0) is 9.53 Å². The van der Waals surface area contributed by atoms with Gasteiger partial charge in [-0.2, -0.15) is 0 Å². The first kappa shape index (κ1) is 15.6. The van der Waals surface area contributed by atoms with E-state index in [0.29, 0.717) is 17.9 Å². The lowest BCUT2D eigenvalue weighted by Crippen LogP contribution is -2.45. The van der Waals surface area contributed by atoms with Gasteiger partial charge in [-0.3, -0.25) is 0 Å². The van der Waals surface area contributed by atoms with E-state index in [2.05, 4.69) is 26.6 Å². The van der Waals surface area contributed by atoms with Crippen LogP contribution in [0.3, 0.4) is 0 Å². The molecule has 2 amide bonds. The van der Waals surface area contributed by atoms with E-state index in [0.717, 1.165) is 16.5 Å². The van der Waals surface area contributed by atoms with Crippen LogP contribution in [0.4, 0.5) is 4.79 Å². The van der Waals surface area contributed by atoms with Gasteiger partial charge in [-0.15, -0.1) is 0 Å². The quantitative estimate of drug-likeness (QED) is 0.818. The zero-order valence-electron chi connectivity index (χ0n) is 11.9. The molecule has 1 heterocycles. The monoisotopic (exact) mass is 352 g/mol. The summed E-state index contributed by atoms with van der Waals surface area (Å²) in [6.45, 7) is 3.98. The highest BCUT2D eigenvalue weighted by Gasteiger charge is 2.32. The molecule has 0 radical (unpaired) electrons. The first-order valence-corrected chi connectivity index (χ1v) is 7.53. The Labute approximate surface area is 131 Å². The molecular weight excluding hydrogens is 336 g/mol. The molecule has 1 aliphatic heterocycles. The Morgan fingerprint density at radius 2 is 2.10 bits per heavy atom. The van der Waals surface area contributed by atoms with Gasteiger partial charge in [-0.25, -0.2) is 9.59 Å². The first-order valence-electron chi connectivity index (χ1n) is 6.74. The number of nitrogens with one attached hydrogen (secondary N) is 2. The molecule has 0 bridgehead atoms. The lowest BCUT2D eigenvalue weighted by molar-refractivity contribution is -0.139. The molecule has 21 heavy (non-hydrogen) atoms. The predicted octanol–water partition coefficient (Wildman–Crippen LogP) is 3.03. The van der Waals surface area contributed by atoms with Crippen molar-refractivity contribution in [3.05, 3.63) is 45.6 Å². The lowest BCUT2D eigenvalue weighted by atomic mass is 9.95. The summed E-state index contributed by atoms with van der Waals surface area (Å²) in [5.74, 6) is -0.414. The third-order valence-corrected chi connectivity index (χ3v) is 3.86. The number of carbonyl (C=O) groups is 2. The minimum Gasteiger partial charge on any atom is -0.462 e. The molecule has 5 nitrogen and oxygen atoms in total. The number of urea groups is 1. The molecular formula is C15H17BrN2O3. The number of hydrogen-bond donors (Lipinski definition) is 2. The predicted molar refractivity (Wildman–Crippen MR) is 82.5 cm³/mol. The van der Waals surface area contributed by atoms with E-state index in [-0.39, 0.29) is 6.03 Å². The smallest absolute Gasteiger partial charge is 0.338 e. The fourth-order valence-corrected chi connectivity index (χ4v) is 2.69. The molecule has 1 aromatic rings. The van der Waals surface area contributed by atoms with E-state index in [1.165, 1.54) is 0 Å². The summed E-state index contributed by atoms with van der Waals surface area (Å²) in [6, 6.07) is 6.61. The molecule has 0 saturated heterocycles. The third-order valence-electron chi connectivity index (χ3n) is 3.14. The minimum atomic E-state index is -0.529. The van der Waals surface area contributed by atoms with Crippen molar-refractivity contribution in [1.29, 1.82) is 0 Å². The van der Waals surface area contributed by atoms with Crippen molar-refractivity contribution in [2.75, 3.05) is 6.61 Å². The molecule has 1 aliphatic rings. The molecule has 0 spiro atoms. The summed E-state index contributed by atoms with van der Waals surface area (Å²) in [4.78, 5) is 24.0. The average Bonchev–Trinajstić information content (AvgIpc) is 2.44. The van der Waals surface area contributed by atoms with Crippen LogP contribution in [-0.4, -0.2) is 18.6 Å². The number of halogens is 1. The maximum Gasteiger partial charge on any atom is 0.338 e. The van der Waals surface area contributed by atoms with Gasteiger partial charge in [0.15, 0.2) is 0 Å². The van der Waals surface area contributed by atoms with Crippen LogP contribution in [0, 0.1) is 0 Å². The van der Waals surface area contributed by atoms with Gasteiger partial charge < -0.3 is 15.4 Å². The molecule has 6 heteroatoms. The molecule has 0 fully saturated rings. The minimum absolute atomic E-state index is 0.333. The van der Waals surface area contributed by atoms with E-state index in [4.69, 9.17) is 4.74 Å². The molecule has 2 N–H and O–H groups in total. The highest BCUT2D eigenvalue weighted by molar-refractivity contribution is 9.10. The molecule has 0 aliphatic carbocycles. The van der Waals surface area contributed by atoms with Crippen LogP contribution >= 0.6 is 15.9 Å². The number of allylic oxidation sites excluding steroid dienone is 1.